The van der Waals surface area contributed by atoms with E-state index < -0.39 is 6.10 Å². The molecule has 0 aliphatic carbocycles. The van der Waals surface area contributed by atoms with Gasteiger partial charge in [-0.25, -0.2) is 0 Å². The normalized spacial score (nSPS) is 12.1. The molecule has 100 valence electrons. The molecule has 0 aliphatic rings. The number of hydrogen-bond acceptors (Lipinski definition) is 3. The van der Waals surface area contributed by atoms with Crippen LogP contribution in [0.4, 0.5) is 0 Å². The molecule has 4 heteroatoms. The van der Waals surface area contributed by atoms with Crippen molar-refractivity contribution in [1.82, 2.24) is 4.90 Å². The van der Waals surface area contributed by atoms with Crippen LogP contribution in [0.3, 0.4) is 0 Å². The smallest absolute Gasteiger partial charge is 0.260 e. The third-order valence-electron chi connectivity index (χ3n) is 2.93. The number of carbonyl (C=O) groups is 1. The van der Waals surface area contributed by atoms with E-state index in [1.807, 2.05) is 19.9 Å². The lowest BCUT2D eigenvalue weighted by molar-refractivity contribution is -0.131. The summed E-state index contributed by atoms with van der Waals surface area (Å²) in [7, 11) is 1.75. The molecule has 0 aromatic heterocycles. The van der Waals surface area contributed by atoms with Crippen LogP contribution in [0.1, 0.15) is 31.1 Å². The number of aliphatic hydroxyl groups is 1. The predicted octanol–water partition coefficient (Wildman–Crippen LogP) is 1.91. The summed E-state index contributed by atoms with van der Waals surface area (Å²) in [5.41, 5.74) is 1.76. The largest absolute Gasteiger partial charge is 0.484 e. The van der Waals surface area contributed by atoms with Crippen molar-refractivity contribution in [3.05, 3.63) is 29.3 Å². The van der Waals surface area contributed by atoms with Gasteiger partial charge >= 0.3 is 0 Å². The summed E-state index contributed by atoms with van der Waals surface area (Å²) in [6, 6.07) is 5.46. The lowest BCUT2D eigenvalue weighted by Gasteiger charge is -2.16. The second kappa shape index (κ2) is 6.40. The van der Waals surface area contributed by atoms with Gasteiger partial charge in [-0.05, 0) is 44.0 Å². The third kappa shape index (κ3) is 3.74. The van der Waals surface area contributed by atoms with Crippen molar-refractivity contribution < 1.29 is 14.6 Å². The molecule has 18 heavy (non-hydrogen) atoms. The van der Waals surface area contributed by atoms with E-state index in [-0.39, 0.29) is 12.5 Å². The number of aliphatic hydroxyl groups excluding tert-OH is 1. The molecule has 0 aliphatic heterocycles. The highest BCUT2D eigenvalue weighted by molar-refractivity contribution is 5.77. The Balaban J connectivity index is 2.66. The van der Waals surface area contributed by atoms with Gasteiger partial charge in [0.05, 0.1) is 6.10 Å². The summed E-state index contributed by atoms with van der Waals surface area (Å²) in [6.07, 6.45) is -0.495. The summed E-state index contributed by atoms with van der Waals surface area (Å²) in [5.74, 6) is 0.633. The highest BCUT2D eigenvalue weighted by atomic mass is 16.5. The van der Waals surface area contributed by atoms with Crippen LogP contribution in [0.2, 0.25) is 0 Å². The fourth-order valence-corrected chi connectivity index (χ4v) is 1.52. The molecule has 1 atom stereocenters. The highest BCUT2D eigenvalue weighted by Gasteiger charge is 2.09. The van der Waals surface area contributed by atoms with E-state index in [1.54, 1.807) is 31.0 Å². The van der Waals surface area contributed by atoms with Gasteiger partial charge in [0.2, 0.25) is 0 Å². The quantitative estimate of drug-likeness (QED) is 0.869. The van der Waals surface area contributed by atoms with Crippen molar-refractivity contribution >= 4 is 5.91 Å². The Labute approximate surface area is 108 Å². The number of likely N-dealkylation sites (N-methyl/N-ethyl adjacent to an activating group) is 1. The molecule has 1 aromatic rings. The van der Waals surface area contributed by atoms with Crippen LogP contribution in [0, 0.1) is 6.92 Å². The van der Waals surface area contributed by atoms with Gasteiger partial charge < -0.3 is 14.7 Å². The highest BCUT2D eigenvalue weighted by Crippen LogP contribution is 2.22. The Bertz CT molecular complexity index is 416. The number of carbonyl (C=O) groups excluding carboxylic acids is 1. The number of amides is 1. The third-order valence-corrected chi connectivity index (χ3v) is 2.93. The van der Waals surface area contributed by atoms with Gasteiger partial charge in [0.1, 0.15) is 5.75 Å². The number of nitrogens with zero attached hydrogens (tertiary/aromatic N) is 1. The topological polar surface area (TPSA) is 49.8 Å². The Kier molecular flexibility index (Phi) is 5.16. The van der Waals surface area contributed by atoms with E-state index in [0.29, 0.717) is 12.3 Å². The van der Waals surface area contributed by atoms with Gasteiger partial charge in [0.15, 0.2) is 6.61 Å². The fraction of sp³-hybridized carbons (Fsp3) is 0.500. The SMILES string of the molecule is CCN(C)C(=O)COc1ccc(C(C)O)cc1C. The van der Waals surface area contributed by atoms with E-state index >= 15 is 0 Å². The van der Waals surface area contributed by atoms with Gasteiger partial charge in [-0.2, -0.15) is 0 Å². The molecule has 1 rings (SSSR count). The summed E-state index contributed by atoms with van der Waals surface area (Å²) >= 11 is 0. The van der Waals surface area contributed by atoms with E-state index in [0.717, 1.165) is 11.1 Å². The minimum Gasteiger partial charge on any atom is -0.484 e. The van der Waals surface area contributed by atoms with Crippen molar-refractivity contribution in [2.24, 2.45) is 0 Å². The Morgan fingerprint density at radius 3 is 2.67 bits per heavy atom. The second-order valence-corrected chi connectivity index (χ2v) is 4.40. The van der Waals surface area contributed by atoms with Crippen LogP contribution in [0.15, 0.2) is 18.2 Å². The number of ether oxygens (including phenoxy) is 1. The van der Waals surface area contributed by atoms with Crippen LogP contribution in [0.5, 0.6) is 5.75 Å². The summed E-state index contributed by atoms with van der Waals surface area (Å²) < 4.78 is 5.48. The number of hydrogen-bond donors (Lipinski definition) is 1. The van der Waals surface area contributed by atoms with E-state index in [9.17, 15) is 9.90 Å². The molecule has 0 radical (unpaired) electrons. The fourth-order valence-electron chi connectivity index (χ4n) is 1.52. The van der Waals surface area contributed by atoms with Crippen molar-refractivity contribution in [1.29, 1.82) is 0 Å². The Morgan fingerprint density at radius 2 is 2.17 bits per heavy atom. The van der Waals surface area contributed by atoms with Crippen LogP contribution >= 0.6 is 0 Å². The summed E-state index contributed by atoms with van der Waals surface area (Å²) in [4.78, 5) is 13.2. The molecule has 1 N–H and O–H groups in total. The van der Waals surface area contributed by atoms with Gasteiger partial charge in [-0.1, -0.05) is 6.07 Å². The van der Waals surface area contributed by atoms with Crippen LogP contribution < -0.4 is 4.74 Å². The maximum Gasteiger partial charge on any atom is 0.260 e. The lowest BCUT2D eigenvalue weighted by Crippen LogP contribution is -2.31. The Morgan fingerprint density at radius 1 is 1.50 bits per heavy atom. The summed E-state index contributed by atoms with van der Waals surface area (Å²) in [5, 5.41) is 9.46. The zero-order valence-corrected chi connectivity index (χ0v) is 11.4. The molecule has 0 spiro atoms. The first-order valence-electron chi connectivity index (χ1n) is 6.11. The number of benzene rings is 1. The van der Waals surface area contributed by atoms with Crippen molar-refractivity contribution in [2.45, 2.75) is 26.9 Å². The molecule has 0 saturated carbocycles. The monoisotopic (exact) mass is 251 g/mol. The van der Waals surface area contributed by atoms with Gasteiger partial charge in [-0.15, -0.1) is 0 Å². The molecule has 1 unspecified atom stereocenters. The summed E-state index contributed by atoms with van der Waals surface area (Å²) in [6.45, 7) is 6.24. The number of rotatable bonds is 5. The van der Waals surface area contributed by atoms with Crippen molar-refractivity contribution in [3.63, 3.8) is 0 Å². The minimum atomic E-state index is -0.495. The zero-order chi connectivity index (χ0) is 13.7. The molecular formula is C14H21NO3. The average Bonchev–Trinajstić information content (AvgIpc) is 2.35. The van der Waals surface area contributed by atoms with Gasteiger partial charge in [-0.3, -0.25) is 4.79 Å². The van der Waals surface area contributed by atoms with Crippen LogP contribution in [0.25, 0.3) is 0 Å². The number of aryl methyl sites for hydroxylation is 1. The molecule has 0 fully saturated rings. The van der Waals surface area contributed by atoms with Gasteiger partial charge in [0, 0.05) is 13.6 Å². The first-order chi connectivity index (χ1) is 8.45. The minimum absolute atomic E-state index is 0.0409. The maximum absolute atomic E-state index is 11.6. The first-order valence-corrected chi connectivity index (χ1v) is 6.11. The van der Waals surface area contributed by atoms with E-state index in [2.05, 4.69) is 0 Å². The van der Waals surface area contributed by atoms with Crippen molar-refractivity contribution in [3.8, 4) is 5.75 Å². The molecule has 0 saturated heterocycles. The molecule has 0 heterocycles. The lowest BCUT2D eigenvalue weighted by atomic mass is 10.1. The maximum atomic E-state index is 11.6. The van der Waals surface area contributed by atoms with Crippen LogP contribution in [-0.4, -0.2) is 36.1 Å². The standard InChI is InChI=1S/C14H21NO3/c1-5-15(4)14(17)9-18-13-7-6-12(11(3)16)8-10(13)2/h6-8,11,16H,5,9H2,1-4H3. The molecular weight excluding hydrogens is 230 g/mol. The van der Waals surface area contributed by atoms with E-state index in [1.165, 1.54) is 0 Å². The predicted molar refractivity (Wildman–Crippen MR) is 70.6 cm³/mol. The second-order valence-electron chi connectivity index (χ2n) is 4.40. The Hall–Kier alpha value is -1.55. The zero-order valence-electron chi connectivity index (χ0n) is 11.4. The first kappa shape index (κ1) is 14.5. The van der Waals surface area contributed by atoms with Crippen molar-refractivity contribution in [2.75, 3.05) is 20.2 Å². The van der Waals surface area contributed by atoms with Crippen LogP contribution in [-0.2, 0) is 4.79 Å². The molecule has 0 bridgehead atoms. The molecule has 1 amide bonds. The van der Waals surface area contributed by atoms with E-state index in [4.69, 9.17) is 4.74 Å². The molecule has 1 aromatic carbocycles. The average molecular weight is 251 g/mol. The van der Waals surface area contributed by atoms with Gasteiger partial charge in [0.25, 0.3) is 5.91 Å². The molecule has 4 nitrogen and oxygen atoms in total.